The van der Waals surface area contributed by atoms with E-state index in [-0.39, 0.29) is 0 Å². The summed E-state index contributed by atoms with van der Waals surface area (Å²) < 4.78 is 5.15. The van der Waals surface area contributed by atoms with Crippen molar-refractivity contribution in [2.75, 3.05) is 7.11 Å². The summed E-state index contributed by atoms with van der Waals surface area (Å²) >= 11 is 0. The quantitative estimate of drug-likeness (QED) is 0.784. The van der Waals surface area contributed by atoms with Crippen molar-refractivity contribution in [2.45, 2.75) is 0 Å². The summed E-state index contributed by atoms with van der Waals surface area (Å²) in [6, 6.07) is 9.72. The molecule has 0 bridgehead atoms. The number of methoxy groups -OCH3 is 1. The molecule has 0 aliphatic carbocycles. The molecule has 2 aromatic rings. The van der Waals surface area contributed by atoms with Crippen LogP contribution in [-0.2, 0) is 0 Å². The van der Waals surface area contributed by atoms with Gasteiger partial charge in [0.25, 0.3) is 0 Å². The van der Waals surface area contributed by atoms with Crippen LogP contribution in [-0.4, -0.2) is 17.1 Å². The second kappa shape index (κ2) is 5.07. The first-order valence-corrected chi connectivity index (χ1v) is 4.96. The van der Waals surface area contributed by atoms with Gasteiger partial charge >= 0.3 is 0 Å². The lowest BCUT2D eigenvalue weighted by Gasteiger charge is -1.99. The Morgan fingerprint density at radius 1 is 1.19 bits per heavy atom. The fourth-order valence-corrected chi connectivity index (χ4v) is 1.33. The van der Waals surface area contributed by atoms with E-state index in [2.05, 4.69) is 9.97 Å². The zero-order valence-electron chi connectivity index (χ0n) is 9.00. The molecule has 0 unspecified atom stereocenters. The molecule has 3 heteroatoms. The summed E-state index contributed by atoms with van der Waals surface area (Å²) in [5.41, 5.74) is 1.97. The van der Waals surface area contributed by atoms with Gasteiger partial charge in [-0.1, -0.05) is 18.2 Å². The van der Waals surface area contributed by atoms with Crippen molar-refractivity contribution in [3.63, 3.8) is 0 Å². The number of hydrogen-bond donors (Lipinski definition) is 0. The van der Waals surface area contributed by atoms with Crippen LogP contribution >= 0.6 is 0 Å². The summed E-state index contributed by atoms with van der Waals surface area (Å²) in [6.45, 7) is 0. The van der Waals surface area contributed by atoms with Crippen molar-refractivity contribution in [1.82, 2.24) is 9.97 Å². The van der Waals surface area contributed by atoms with Gasteiger partial charge in [0.15, 0.2) is 0 Å². The summed E-state index contributed by atoms with van der Waals surface area (Å²) in [6.07, 6.45) is 7.19. The number of rotatable bonds is 3. The van der Waals surface area contributed by atoms with Gasteiger partial charge in [0.1, 0.15) is 12.1 Å². The third-order valence-corrected chi connectivity index (χ3v) is 2.15. The van der Waals surface area contributed by atoms with E-state index in [0.29, 0.717) is 0 Å². The molecule has 1 aromatic carbocycles. The Kier molecular flexibility index (Phi) is 3.28. The van der Waals surface area contributed by atoms with E-state index in [4.69, 9.17) is 4.74 Å². The Morgan fingerprint density at radius 2 is 2.12 bits per heavy atom. The molecule has 1 heterocycles. The van der Waals surface area contributed by atoms with E-state index in [0.717, 1.165) is 17.0 Å². The van der Waals surface area contributed by atoms with Crippen molar-refractivity contribution >= 4 is 12.2 Å². The molecule has 0 saturated carbocycles. The van der Waals surface area contributed by atoms with Gasteiger partial charge in [-0.05, 0) is 29.8 Å². The fraction of sp³-hybridized carbons (Fsp3) is 0.0769. The Hall–Kier alpha value is -2.16. The minimum atomic E-state index is 0.852. The first kappa shape index (κ1) is 10.4. The monoisotopic (exact) mass is 212 g/mol. The van der Waals surface area contributed by atoms with Crippen LogP contribution in [0, 0.1) is 0 Å². The molecule has 0 radical (unpaired) electrons. The van der Waals surface area contributed by atoms with Gasteiger partial charge in [0.05, 0.1) is 12.8 Å². The molecule has 0 aliphatic rings. The van der Waals surface area contributed by atoms with Crippen molar-refractivity contribution in [1.29, 1.82) is 0 Å². The maximum absolute atomic E-state index is 5.15. The van der Waals surface area contributed by atoms with Crippen molar-refractivity contribution in [3.05, 3.63) is 54.1 Å². The average molecular weight is 212 g/mol. The highest BCUT2D eigenvalue weighted by atomic mass is 16.5. The van der Waals surface area contributed by atoms with Gasteiger partial charge in [-0.25, -0.2) is 9.97 Å². The number of nitrogens with zero attached hydrogens (tertiary/aromatic N) is 2. The second-order valence-corrected chi connectivity index (χ2v) is 3.24. The highest BCUT2D eigenvalue weighted by Gasteiger charge is 1.91. The minimum Gasteiger partial charge on any atom is -0.497 e. The van der Waals surface area contributed by atoms with E-state index in [1.807, 2.05) is 42.5 Å². The number of ether oxygens (including phenoxy) is 1. The van der Waals surface area contributed by atoms with E-state index >= 15 is 0 Å². The molecule has 0 fully saturated rings. The summed E-state index contributed by atoms with van der Waals surface area (Å²) in [5.74, 6) is 0.852. The van der Waals surface area contributed by atoms with E-state index in [1.54, 1.807) is 13.3 Å². The van der Waals surface area contributed by atoms with Crippen LogP contribution in [0.4, 0.5) is 0 Å². The highest BCUT2D eigenvalue weighted by molar-refractivity contribution is 5.68. The zero-order chi connectivity index (χ0) is 11.2. The standard InChI is InChI=1S/C13H12N2O/c1-16-13-4-2-3-11(9-13)5-6-12-7-8-14-10-15-12/h2-10H,1H3/b6-5+. The highest BCUT2D eigenvalue weighted by Crippen LogP contribution is 2.14. The summed E-state index contributed by atoms with van der Waals surface area (Å²) in [7, 11) is 1.66. The van der Waals surface area contributed by atoms with Gasteiger partial charge in [-0.3, -0.25) is 0 Å². The third kappa shape index (κ3) is 2.67. The molecule has 0 saturated heterocycles. The van der Waals surface area contributed by atoms with Gasteiger partial charge in [0, 0.05) is 6.20 Å². The molecule has 0 spiro atoms. The van der Waals surface area contributed by atoms with Gasteiger partial charge < -0.3 is 4.74 Å². The molecule has 2 rings (SSSR count). The van der Waals surface area contributed by atoms with Crippen molar-refractivity contribution < 1.29 is 4.74 Å². The topological polar surface area (TPSA) is 35.0 Å². The molecule has 0 aliphatic heterocycles. The number of hydrogen-bond acceptors (Lipinski definition) is 3. The first-order valence-electron chi connectivity index (χ1n) is 4.96. The van der Waals surface area contributed by atoms with Crippen LogP contribution in [0.15, 0.2) is 42.9 Å². The van der Waals surface area contributed by atoms with Crippen LogP contribution in [0.25, 0.3) is 12.2 Å². The van der Waals surface area contributed by atoms with Gasteiger partial charge in [-0.2, -0.15) is 0 Å². The number of aromatic nitrogens is 2. The predicted molar refractivity (Wildman–Crippen MR) is 64.0 cm³/mol. The van der Waals surface area contributed by atoms with E-state index in [9.17, 15) is 0 Å². The molecule has 0 N–H and O–H groups in total. The van der Waals surface area contributed by atoms with Crippen molar-refractivity contribution in [3.8, 4) is 5.75 Å². The summed E-state index contributed by atoms with van der Waals surface area (Å²) in [5, 5.41) is 0. The van der Waals surface area contributed by atoms with Gasteiger partial charge in [-0.15, -0.1) is 0 Å². The maximum Gasteiger partial charge on any atom is 0.119 e. The first-order chi connectivity index (χ1) is 7.88. The number of benzene rings is 1. The molecule has 0 atom stereocenters. The molecule has 16 heavy (non-hydrogen) atoms. The predicted octanol–water partition coefficient (Wildman–Crippen LogP) is 2.66. The van der Waals surface area contributed by atoms with E-state index in [1.165, 1.54) is 6.33 Å². The molecule has 0 amide bonds. The normalized spacial score (nSPS) is 10.6. The van der Waals surface area contributed by atoms with E-state index < -0.39 is 0 Å². The molecule has 1 aromatic heterocycles. The van der Waals surface area contributed by atoms with Crippen molar-refractivity contribution in [2.24, 2.45) is 0 Å². The zero-order valence-corrected chi connectivity index (χ0v) is 9.00. The fourth-order valence-electron chi connectivity index (χ4n) is 1.33. The van der Waals surface area contributed by atoms with Gasteiger partial charge in [0.2, 0.25) is 0 Å². The molecular weight excluding hydrogens is 200 g/mol. The Balaban J connectivity index is 2.17. The molecular formula is C13H12N2O. The Bertz CT molecular complexity index is 480. The van der Waals surface area contributed by atoms with Crippen LogP contribution in [0.5, 0.6) is 5.75 Å². The third-order valence-electron chi connectivity index (χ3n) is 2.15. The average Bonchev–Trinajstić information content (AvgIpc) is 2.38. The van der Waals surface area contributed by atoms with Crippen LogP contribution in [0.1, 0.15) is 11.3 Å². The molecule has 3 nitrogen and oxygen atoms in total. The maximum atomic E-state index is 5.15. The lowest BCUT2D eigenvalue weighted by Crippen LogP contribution is -1.83. The lowest BCUT2D eigenvalue weighted by atomic mass is 10.2. The van der Waals surface area contributed by atoms with Crippen LogP contribution < -0.4 is 4.74 Å². The second-order valence-electron chi connectivity index (χ2n) is 3.24. The van der Waals surface area contributed by atoms with Crippen LogP contribution in [0.3, 0.4) is 0 Å². The molecule has 80 valence electrons. The van der Waals surface area contributed by atoms with Crippen LogP contribution in [0.2, 0.25) is 0 Å². The largest absolute Gasteiger partial charge is 0.497 e. The minimum absolute atomic E-state index is 0.852. The smallest absolute Gasteiger partial charge is 0.119 e. The summed E-state index contributed by atoms with van der Waals surface area (Å²) in [4.78, 5) is 7.97. The Morgan fingerprint density at radius 3 is 2.88 bits per heavy atom. The Labute approximate surface area is 94.4 Å². The SMILES string of the molecule is COc1cccc(/C=C/c2ccncn2)c1. The lowest BCUT2D eigenvalue weighted by molar-refractivity contribution is 0.414.